The molecule has 0 aliphatic rings. The summed E-state index contributed by atoms with van der Waals surface area (Å²) in [6, 6.07) is 5.48. The van der Waals surface area contributed by atoms with Crippen molar-refractivity contribution in [1.29, 1.82) is 0 Å². The van der Waals surface area contributed by atoms with Gasteiger partial charge in [-0.3, -0.25) is 0 Å². The van der Waals surface area contributed by atoms with E-state index in [1.807, 2.05) is 12.1 Å². The first-order chi connectivity index (χ1) is 7.67. The van der Waals surface area contributed by atoms with E-state index in [4.69, 9.17) is 33.4 Å². The highest BCUT2D eigenvalue weighted by Gasteiger charge is 2.09. The number of nitrogens with one attached hydrogen (secondary N) is 1. The number of hydrogen-bond donors (Lipinski definition) is 3. The van der Waals surface area contributed by atoms with E-state index in [-0.39, 0.29) is 13.2 Å². The Morgan fingerprint density at radius 3 is 2.12 bits per heavy atom. The lowest BCUT2D eigenvalue weighted by atomic mass is 10.2. The third-order valence-corrected chi connectivity index (χ3v) is 3.11. The molecule has 1 aromatic rings. The Morgan fingerprint density at radius 1 is 1.00 bits per heavy atom. The number of rotatable bonds is 6. The van der Waals surface area contributed by atoms with Crippen LogP contribution in [0.4, 0.5) is 0 Å². The Kier molecular flexibility index (Phi) is 6.09. The molecule has 3 nitrogen and oxygen atoms in total. The minimum Gasteiger partial charge on any atom is -0.391 e. The van der Waals surface area contributed by atoms with Crippen molar-refractivity contribution in [2.45, 2.75) is 6.54 Å². The van der Waals surface area contributed by atoms with E-state index in [9.17, 15) is 0 Å². The molecule has 90 valence electrons. The first-order valence-corrected chi connectivity index (χ1v) is 5.92. The third-order valence-electron chi connectivity index (χ3n) is 2.37. The summed E-state index contributed by atoms with van der Waals surface area (Å²) < 4.78 is 0. The molecule has 0 spiro atoms. The van der Waals surface area contributed by atoms with Crippen LogP contribution in [0.1, 0.15) is 5.56 Å². The predicted molar refractivity (Wildman–Crippen MR) is 65.0 cm³/mol. The minimum absolute atomic E-state index is 0.108. The Labute approximate surface area is 105 Å². The smallest absolute Gasteiger partial charge is 0.103 e. The minimum atomic E-state index is 0.108. The molecule has 1 rings (SSSR count). The maximum atomic E-state index is 8.89. The topological polar surface area (TPSA) is 44.9 Å². The number of quaternary nitrogens is 1. The van der Waals surface area contributed by atoms with Gasteiger partial charge < -0.3 is 15.1 Å². The lowest BCUT2D eigenvalue weighted by Gasteiger charge is -2.17. The fraction of sp³-hybridized carbons (Fsp3) is 0.455. The average Bonchev–Trinajstić information content (AvgIpc) is 2.24. The molecule has 0 saturated carbocycles. The summed E-state index contributed by atoms with van der Waals surface area (Å²) in [6.07, 6.45) is 0. The molecule has 0 unspecified atom stereocenters. The van der Waals surface area contributed by atoms with Gasteiger partial charge in [0.25, 0.3) is 0 Å². The highest BCUT2D eigenvalue weighted by molar-refractivity contribution is 6.41. The van der Waals surface area contributed by atoms with Crippen LogP contribution in [0.3, 0.4) is 0 Å². The number of aliphatic hydroxyl groups is 2. The number of hydrogen-bond acceptors (Lipinski definition) is 2. The van der Waals surface area contributed by atoms with E-state index in [1.165, 1.54) is 0 Å². The predicted octanol–water partition coefficient (Wildman–Crippen LogP) is 0.363. The molecule has 0 bridgehead atoms. The maximum Gasteiger partial charge on any atom is 0.103 e. The molecule has 16 heavy (non-hydrogen) atoms. The molecule has 0 aromatic heterocycles. The van der Waals surface area contributed by atoms with Crippen LogP contribution in [-0.2, 0) is 6.54 Å². The molecule has 0 radical (unpaired) electrons. The second kappa shape index (κ2) is 7.09. The van der Waals surface area contributed by atoms with Gasteiger partial charge in [0.15, 0.2) is 0 Å². The summed E-state index contributed by atoms with van der Waals surface area (Å²) in [6.45, 7) is 2.16. The van der Waals surface area contributed by atoms with Crippen molar-refractivity contribution >= 4 is 23.2 Å². The number of aliphatic hydroxyl groups excluding tert-OH is 2. The quantitative estimate of drug-likeness (QED) is 0.695. The zero-order valence-corrected chi connectivity index (χ0v) is 10.4. The second-order valence-corrected chi connectivity index (χ2v) is 4.44. The van der Waals surface area contributed by atoms with E-state index >= 15 is 0 Å². The van der Waals surface area contributed by atoms with Crippen LogP contribution in [0.15, 0.2) is 18.2 Å². The van der Waals surface area contributed by atoms with E-state index in [2.05, 4.69) is 0 Å². The number of halogens is 2. The van der Waals surface area contributed by atoms with Gasteiger partial charge >= 0.3 is 0 Å². The molecule has 0 saturated heterocycles. The first-order valence-electron chi connectivity index (χ1n) is 5.16. The first kappa shape index (κ1) is 13.7. The van der Waals surface area contributed by atoms with Crippen LogP contribution in [0.2, 0.25) is 10.0 Å². The normalized spacial score (nSPS) is 11.1. The van der Waals surface area contributed by atoms with Crippen LogP contribution in [0.5, 0.6) is 0 Å². The van der Waals surface area contributed by atoms with E-state index < -0.39 is 0 Å². The Bertz CT molecular complexity index is 328. The van der Waals surface area contributed by atoms with Crippen molar-refractivity contribution in [2.24, 2.45) is 0 Å². The SMILES string of the molecule is OCC[NH+](CCO)Cc1ccc(Cl)c(Cl)c1. The van der Waals surface area contributed by atoms with Gasteiger partial charge in [-0.05, 0) is 12.1 Å². The zero-order chi connectivity index (χ0) is 12.0. The van der Waals surface area contributed by atoms with Crippen LogP contribution in [-0.4, -0.2) is 36.5 Å². The molecule has 3 N–H and O–H groups in total. The Balaban J connectivity index is 2.65. The molecular formula is C11H16Cl2NO2+. The van der Waals surface area contributed by atoms with Crippen molar-refractivity contribution in [2.75, 3.05) is 26.3 Å². The van der Waals surface area contributed by atoms with E-state index in [0.717, 1.165) is 17.0 Å². The molecule has 0 aliphatic carbocycles. The summed E-state index contributed by atoms with van der Waals surface area (Å²) in [7, 11) is 0. The summed E-state index contributed by atoms with van der Waals surface area (Å²) in [4.78, 5) is 1.11. The van der Waals surface area contributed by atoms with E-state index in [0.29, 0.717) is 23.1 Å². The van der Waals surface area contributed by atoms with E-state index in [1.54, 1.807) is 6.07 Å². The summed E-state index contributed by atoms with van der Waals surface area (Å²) >= 11 is 11.7. The van der Waals surface area contributed by atoms with Crippen molar-refractivity contribution in [1.82, 2.24) is 0 Å². The lowest BCUT2D eigenvalue weighted by Crippen LogP contribution is -3.11. The Morgan fingerprint density at radius 2 is 1.62 bits per heavy atom. The molecule has 1 aromatic carbocycles. The average molecular weight is 265 g/mol. The lowest BCUT2D eigenvalue weighted by molar-refractivity contribution is -0.914. The van der Waals surface area contributed by atoms with Crippen molar-refractivity contribution in [3.05, 3.63) is 33.8 Å². The molecule has 5 heteroatoms. The molecular weight excluding hydrogens is 249 g/mol. The molecule has 0 aliphatic heterocycles. The summed E-state index contributed by atoms with van der Waals surface area (Å²) in [5, 5.41) is 18.9. The zero-order valence-electron chi connectivity index (χ0n) is 8.92. The van der Waals surface area contributed by atoms with Gasteiger partial charge in [0, 0.05) is 5.56 Å². The summed E-state index contributed by atoms with van der Waals surface area (Å²) in [5.41, 5.74) is 1.05. The van der Waals surface area contributed by atoms with Gasteiger partial charge in [0.1, 0.15) is 19.6 Å². The molecule has 0 fully saturated rings. The van der Waals surface area contributed by atoms with Gasteiger partial charge in [-0.2, -0.15) is 0 Å². The van der Waals surface area contributed by atoms with Crippen LogP contribution in [0, 0.1) is 0 Å². The van der Waals surface area contributed by atoms with Gasteiger partial charge in [-0.15, -0.1) is 0 Å². The van der Waals surface area contributed by atoms with Gasteiger partial charge in [0.2, 0.25) is 0 Å². The van der Waals surface area contributed by atoms with Gasteiger partial charge in [-0.1, -0.05) is 29.3 Å². The maximum absolute atomic E-state index is 8.89. The highest BCUT2D eigenvalue weighted by Crippen LogP contribution is 2.22. The number of benzene rings is 1. The fourth-order valence-corrected chi connectivity index (χ4v) is 1.88. The van der Waals surface area contributed by atoms with Crippen molar-refractivity contribution < 1.29 is 15.1 Å². The molecule has 0 amide bonds. The van der Waals surface area contributed by atoms with Crippen molar-refractivity contribution in [3.63, 3.8) is 0 Å². The molecule has 0 heterocycles. The van der Waals surface area contributed by atoms with Crippen molar-refractivity contribution in [3.8, 4) is 0 Å². The van der Waals surface area contributed by atoms with Gasteiger partial charge in [0.05, 0.1) is 23.3 Å². The van der Waals surface area contributed by atoms with Gasteiger partial charge in [-0.25, -0.2) is 0 Å². The largest absolute Gasteiger partial charge is 0.391 e. The monoisotopic (exact) mass is 264 g/mol. The Hall–Kier alpha value is -0.320. The second-order valence-electron chi connectivity index (χ2n) is 3.62. The van der Waals surface area contributed by atoms with Crippen LogP contribution < -0.4 is 4.90 Å². The molecule has 0 atom stereocenters. The highest BCUT2D eigenvalue weighted by atomic mass is 35.5. The standard InChI is InChI=1S/C11H15Cl2NO2/c12-10-2-1-9(7-11(10)13)8-14(3-5-15)4-6-16/h1-2,7,15-16H,3-6,8H2/p+1. The van der Waals surface area contributed by atoms with Crippen LogP contribution in [0.25, 0.3) is 0 Å². The third kappa shape index (κ3) is 4.28. The fourth-order valence-electron chi connectivity index (χ4n) is 1.56. The summed E-state index contributed by atoms with van der Waals surface area (Å²) in [5.74, 6) is 0. The van der Waals surface area contributed by atoms with Crippen LogP contribution >= 0.6 is 23.2 Å².